The number of hydrogen-bond acceptors (Lipinski definition) is 3. The number of amides is 1. The van der Waals surface area contributed by atoms with Crippen LogP contribution in [-0.4, -0.2) is 40.3 Å². The fraction of sp³-hybridized carbons (Fsp3) is 0.789. The van der Waals surface area contributed by atoms with Crippen molar-refractivity contribution in [2.24, 2.45) is 13.0 Å². The molecular formula is C19H29N3O2. The summed E-state index contributed by atoms with van der Waals surface area (Å²) in [7, 11) is 2.05. The van der Waals surface area contributed by atoms with Gasteiger partial charge in [0.15, 0.2) is 0 Å². The quantitative estimate of drug-likeness (QED) is 0.856. The number of carbonyl (C=O) groups excluding carboxylic acids is 1. The summed E-state index contributed by atoms with van der Waals surface area (Å²) in [6.07, 6.45) is 8.96. The number of carbonyl (C=O) groups is 1. The summed E-state index contributed by atoms with van der Waals surface area (Å²) in [4.78, 5) is 14.6. The predicted molar refractivity (Wildman–Crippen MR) is 91.7 cm³/mol. The molecule has 0 bridgehead atoms. The van der Waals surface area contributed by atoms with Gasteiger partial charge in [-0.1, -0.05) is 12.8 Å². The van der Waals surface area contributed by atoms with Crippen LogP contribution in [-0.2, 0) is 29.6 Å². The van der Waals surface area contributed by atoms with Gasteiger partial charge in [0.2, 0.25) is 5.91 Å². The lowest BCUT2D eigenvalue weighted by Gasteiger charge is -2.32. The Morgan fingerprint density at radius 3 is 2.71 bits per heavy atom. The lowest BCUT2D eigenvalue weighted by molar-refractivity contribution is -0.133. The first kappa shape index (κ1) is 16.1. The fourth-order valence-electron chi connectivity index (χ4n) is 4.76. The van der Waals surface area contributed by atoms with Crippen molar-refractivity contribution in [2.45, 2.75) is 63.9 Å². The van der Waals surface area contributed by atoms with Crippen molar-refractivity contribution < 1.29 is 9.53 Å². The first-order valence-corrected chi connectivity index (χ1v) is 9.62. The van der Waals surface area contributed by atoms with Crippen molar-refractivity contribution in [2.75, 3.05) is 19.7 Å². The van der Waals surface area contributed by atoms with Gasteiger partial charge in [0.25, 0.3) is 0 Å². The third kappa shape index (κ3) is 3.10. The van der Waals surface area contributed by atoms with E-state index in [0.29, 0.717) is 24.3 Å². The van der Waals surface area contributed by atoms with Gasteiger partial charge in [-0.2, -0.15) is 5.10 Å². The maximum absolute atomic E-state index is 12.5. The third-order valence-corrected chi connectivity index (χ3v) is 6.21. The van der Waals surface area contributed by atoms with E-state index in [1.54, 1.807) is 0 Å². The monoisotopic (exact) mass is 331 g/mol. The van der Waals surface area contributed by atoms with Crippen molar-refractivity contribution in [3.05, 3.63) is 17.0 Å². The Labute approximate surface area is 144 Å². The van der Waals surface area contributed by atoms with Gasteiger partial charge in [-0.05, 0) is 31.6 Å². The molecule has 1 aliphatic carbocycles. The standard InChI is InChI=1S/C19H29N3O2/c1-21-17-8-11-24-13-16(17)19(20-21)15-6-9-22(10-7-15)18(23)12-14-4-2-3-5-14/h14-15H,2-13H2,1H3. The molecule has 1 saturated heterocycles. The van der Waals surface area contributed by atoms with E-state index in [9.17, 15) is 4.79 Å². The maximum Gasteiger partial charge on any atom is 0.222 e. The van der Waals surface area contributed by atoms with E-state index in [2.05, 4.69) is 4.90 Å². The second kappa shape index (κ2) is 6.87. The molecule has 5 nitrogen and oxygen atoms in total. The van der Waals surface area contributed by atoms with Gasteiger partial charge in [0, 0.05) is 50.2 Å². The maximum atomic E-state index is 12.5. The summed E-state index contributed by atoms with van der Waals surface area (Å²) in [6, 6.07) is 0. The van der Waals surface area contributed by atoms with E-state index in [1.807, 2.05) is 11.7 Å². The molecule has 3 aliphatic rings. The molecule has 24 heavy (non-hydrogen) atoms. The normalized spacial score (nSPS) is 22.8. The Bertz CT molecular complexity index is 596. The number of ether oxygens (including phenoxy) is 1. The molecule has 5 heteroatoms. The van der Waals surface area contributed by atoms with Crippen LogP contribution in [0, 0.1) is 5.92 Å². The van der Waals surface area contributed by atoms with Crippen molar-refractivity contribution in [3.8, 4) is 0 Å². The van der Waals surface area contributed by atoms with Crippen molar-refractivity contribution >= 4 is 5.91 Å². The van der Waals surface area contributed by atoms with Gasteiger partial charge < -0.3 is 9.64 Å². The molecule has 0 aromatic carbocycles. The summed E-state index contributed by atoms with van der Waals surface area (Å²) >= 11 is 0. The van der Waals surface area contributed by atoms with E-state index in [1.165, 1.54) is 42.6 Å². The van der Waals surface area contributed by atoms with Gasteiger partial charge in [-0.25, -0.2) is 0 Å². The number of rotatable bonds is 3. The molecule has 1 aromatic rings. The van der Waals surface area contributed by atoms with Crippen molar-refractivity contribution in [3.63, 3.8) is 0 Å². The van der Waals surface area contributed by atoms with Crippen molar-refractivity contribution in [1.82, 2.24) is 14.7 Å². The van der Waals surface area contributed by atoms with Crippen LogP contribution in [0.5, 0.6) is 0 Å². The second-order valence-electron chi connectivity index (χ2n) is 7.75. The van der Waals surface area contributed by atoms with E-state index in [-0.39, 0.29) is 0 Å². The number of nitrogens with zero attached hydrogens (tertiary/aromatic N) is 3. The number of hydrogen-bond donors (Lipinski definition) is 0. The van der Waals surface area contributed by atoms with Gasteiger partial charge in [0.1, 0.15) is 0 Å². The number of piperidine rings is 1. The zero-order chi connectivity index (χ0) is 16.5. The minimum Gasteiger partial charge on any atom is -0.376 e. The first-order chi connectivity index (χ1) is 11.7. The van der Waals surface area contributed by atoms with Crippen LogP contribution < -0.4 is 0 Å². The fourth-order valence-corrected chi connectivity index (χ4v) is 4.76. The minimum atomic E-state index is 0.381. The Kier molecular flexibility index (Phi) is 4.61. The highest BCUT2D eigenvalue weighted by molar-refractivity contribution is 5.76. The molecule has 2 aliphatic heterocycles. The van der Waals surface area contributed by atoms with E-state index < -0.39 is 0 Å². The molecule has 1 aromatic heterocycles. The van der Waals surface area contributed by atoms with Gasteiger partial charge in [-0.15, -0.1) is 0 Å². The molecule has 1 saturated carbocycles. The second-order valence-corrected chi connectivity index (χ2v) is 7.75. The average Bonchev–Trinajstić information content (AvgIpc) is 3.24. The highest BCUT2D eigenvalue weighted by Crippen LogP contribution is 2.34. The Hall–Kier alpha value is -1.36. The van der Waals surface area contributed by atoms with Gasteiger partial charge >= 0.3 is 0 Å². The molecule has 2 fully saturated rings. The summed E-state index contributed by atoms with van der Waals surface area (Å²) in [5, 5.41) is 4.80. The number of aryl methyl sites for hydroxylation is 1. The van der Waals surface area contributed by atoms with E-state index >= 15 is 0 Å². The minimum absolute atomic E-state index is 0.381. The van der Waals surface area contributed by atoms with Crippen LogP contribution in [0.3, 0.4) is 0 Å². The van der Waals surface area contributed by atoms with Crippen LogP contribution in [0.4, 0.5) is 0 Å². The number of aromatic nitrogens is 2. The SMILES string of the molecule is Cn1nc(C2CCN(C(=O)CC3CCCC3)CC2)c2c1CCOC2. The van der Waals surface area contributed by atoms with Crippen LogP contribution in [0.15, 0.2) is 0 Å². The van der Waals surface area contributed by atoms with Gasteiger partial charge in [-0.3, -0.25) is 9.48 Å². The molecule has 0 atom stereocenters. The molecule has 0 radical (unpaired) electrons. The Morgan fingerprint density at radius 2 is 1.96 bits per heavy atom. The predicted octanol–water partition coefficient (Wildman–Crippen LogP) is 2.78. The van der Waals surface area contributed by atoms with Crippen LogP contribution in [0.25, 0.3) is 0 Å². The Morgan fingerprint density at radius 1 is 1.21 bits per heavy atom. The molecule has 0 N–H and O–H groups in total. The first-order valence-electron chi connectivity index (χ1n) is 9.62. The molecule has 132 valence electrons. The summed E-state index contributed by atoms with van der Waals surface area (Å²) < 4.78 is 7.70. The highest BCUT2D eigenvalue weighted by atomic mass is 16.5. The lowest BCUT2D eigenvalue weighted by atomic mass is 9.89. The van der Waals surface area contributed by atoms with Crippen molar-refractivity contribution in [1.29, 1.82) is 0 Å². The Balaban J connectivity index is 1.37. The van der Waals surface area contributed by atoms with Crippen LogP contribution in [0.2, 0.25) is 0 Å². The van der Waals surface area contributed by atoms with E-state index in [0.717, 1.165) is 45.4 Å². The average molecular weight is 331 g/mol. The summed E-state index contributed by atoms with van der Waals surface area (Å²) in [6.45, 7) is 3.30. The molecule has 1 amide bonds. The zero-order valence-corrected chi connectivity index (χ0v) is 14.8. The molecule has 3 heterocycles. The zero-order valence-electron chi connectivity index (χ0n) is 14.8. The number of fused-ring (bicyclic) bond motifs is 1. The topological polar surface area (TPSA) is 47.4 Å². The van der Waals surface area contributed by atoms with E-state index in [4.69, 9.17) is 9.84 Å². The third-order valence-electron chi connectivity index (χ3n) is 6.21. The molecule has 0 spiro atoms. The van der Waals surface area contributed by atoms with Crippen LogP contribution >= 0.6 is 0 Å². The number of likely N-dealkylation sites (tertiary alicyclic amines) is 1. The lowest BCUT2D eigenvalue weighted by Crippen LogP contribution is -2.38. The molecule has 0 unspecified atom stereocenters. The molecular weight excluding hydrogens is 302 g/mol. The summed E-state index contributed by atoms with van der Waals surface area (Å²) in [5.74, 6) is 1.51. The van der Waals surface area contributed by atoms with Gasteiger partial charge in [0.05, 0.1) is 18.9 Å². The summed E-state index contributed by atoms with van der Waals surface area (Å²) in [5.41, 5.74) is 3.89. The largest absolute Gasteiger partial charge is 0.376 e. The smallest absolute Gasteiger partial charge is 0.222 e. The highest BCUT2D eigenvalue weighted by Gasteiger charge is 2.30. The molecule has 4 rings (SSSR count). The van der Waals surface area contributed by atoms with Crippen LogP contribution in [0.1, 0.15) is 67.8 Å².